The molecule has 0 saturated carbocycles. The van der Waals surface area contributed by atoms with Crippen LogP contribution in [0.3, 0.4) is 0 Å². The van der Waals surface area contributed by atoms with Crippen LogP contribution in [-0.4, -0.2) is 48.0 Å². The van der Waals surface area contributed by atoms with Crippen molar-refractivity contribution in [3.8, 4) is 5.69 Å². The minimum absolute atomic E-state index is 0.0624. The van der Waals surface area contributed by atoms with Gasteiger partial charge < -0.3 is 15.0 Å². The van der Waals surface area contributed by atoms with Crippen molar-refractivity contribution in [1.82, 2.24) is 15.1 Å². The number of ether oxygens (including phenoxy) is 1. The molecule has 1 aromatic heterocycles. The van der Waals surface area contributed by atoms with Gasteiger partial charge in [0.25, 0.3) is 5.56 Å². The molecule has 0 spiro atoms. The molecular weight excluding hydrogens is 404 g/mol. The Kier molecular flexibility index (Phi) is 7.87. The number of aromatic nitrogens is 2. The summed E-state index contributed by atoms with van der Waals surface area (Å²) in [5.41, 5.74) is 0.389. The van der Waals surface area contributed by atoms with E-state index in [0.717, 1.165) is 25.8 Å². The number of carbonyl (C=O) groups excluding carboxylic acids is 1. The number of hydrogen-bond donors (Lipinski definition) is 1. The van der Waals surface area contributed by atoms with E-state index in [1.165, 1.54) is 10.7 Å². The lowest BCUT2D eigenvalue weighted by Gasteiger charge is -2.33. The molecule has 1 aliphatic heterocycles. The monoisotopic (exact) mass is 432 g/mol. The van der Waals surface area contributed by atoms with Crippen molar-refractivity contribution in [3.05, 3.63) is 51.8 Å². The van der Waals surface area contributed by atoms with Crippen molar-refractivity contribution in [2.24, 2.45) is 5.92 Å². The van der Waals surface area contributed by atoms with Gasteiger partial charge in [-0.1, -0.05) is 17.7 Å². The molecule has 162 valence electrons. The Balaban J connectivity index is 1.63. The van der Waals surface area contributed by atoms with Gasteiger partial charge in [0, 0.05) is 37.3 Å². The van der Waals surface area contributed by atoms with E-state index in [1.807, 2.05) is 13.8 Å². The smallest absolute Gasteiger partial charge is 0.271 e. The molecule has 0 unspecified atom stereocenters. The first-order chi connectivity index (χ1) is 14.4. The molecule has 1 aliphatic rings. The van der Waals surface area contributed by atoms with Gasteiger partial charge in [-0.05, 0) is 57.4 Å². The molecule has 1 saturated heterocycles. The van der Waals surface area contributed by atoms with Crippen molar-refractivity contribution in [3.63, 3.8) is 0 Å². The van der Waals surface area contributed by atoms with E-state index >= 15 is 0 Å². The van der Waals surface area contributed by atoms with Crippen LogP contribution in [0.2, 0.25) is 5.02 Å². The third kappa shape index (κ3) is 6.06. The number of rotatable bonds is 8. The van der Waals surface area contributed by atoms with Crippen LogP contribution in [0.25, 0.3) is 5.69 Å². The zero-order valence-corrected chi connectivity index (χ0v) is 18.3. The molecule has 1 atom stereocenters. The van der Waals surface area contributed by atoms with Gasteiger partial charge in [0.05, 0.1) is 17.7 Å². The second-order valence-corrected chi connectivity index (χ2v) is 8.21. The van der Waals surface area contributed by atoms with Crippen LogP contribution in [0.4, 0.5) is 5.82 Å². The van der Waals surface area contributed by atoms with E-state index in [9.17, 15) is 9.59 Å². The van der Waals surface area contributed by atoms with Gasteiger partial charge in [-0.15, -0.1) is 5.10 Å². The maximum Gasteiger partial charge on any atom is 0.271 e. The Morgan fingerprint density at radius 2 is 2.17 bits per heavy atom. The zero-order valence-electron chi connectivity index (χ0n) is 17.5. The Labute approximate surface area is 182 Å². The fourth-order valence-corrected chi connectivity index (χ4v) is 3.69. The molecule has 3 rings (SSSR count). The highest BCUT2D eigenvalue weighted by Crippen LogP contribution is 2.22. The predicted octanol–water partition coefficient (Wildman–Crippen LogP) is 3.03. The molecule has 7 nitrogen and oxygen atoms in total. The number of nitrogens with zero attached hydrogens (tertiary/aromatic N) is 3. The molecule has 8 heteroatoms. The van der Waals surface area contributed by atoms with Gasteiger partial charge in [-0.2, -0.15) is 4.68 Å². The van der Waals surface area contributed by atoms with Gasteiger partial charge in [-0.25, -0.2) is 0 Å². The molecule has 0 radical (unpaired) electrons. The fourth-order valence-electron chi connectivity index (χ4n) is 3.51. The van der Waals surface area contributed by atoms with E-state index < -0.39 is 0 Å². The Bertz CT molecular complexity index is 915. The second kappa shape index (κ2) is 10.6. The van der Waals surface area contributed by atoms with E-state index in [0.29, 0.717) is 36.2 Å². The van der Waals surface area contributed by atoms with Gasteiger partial charge >= 0.3 is 0 Å². The van der Waals surface area contributed by atoms with Crippen LogP contribution in [0, 0.1) is 5.92 Å². The molecule has 0 aliphatic carbocycles. The first-order valence-electron chi connectivity index (χ1n) is 10.4. The standard InChI is InChI=1S/C22H29ClN4O3/c1-16(2)30-13-5-11-24-22(29)17-6-4-12-26(15-17)20-9-10-21(28)27(25-20)19-8-3-7-18(23)14-19/h3,7-10,14,16-17H,4-6,11-13,15H2,1-2H3,(H,24,29)/t17-/m0/s1. The van der Waals surface area contributed by atoms with E-state index in [-0.39, 0.29) is 23.5 Å². The van der Waals surface area contributed by atoms with Gasteiger partial charge in [0.1, 0.15) is 5.82 Å². The molecule has 1 fully saturated rings. The Morgan fingerprint density at radius 1 is 1.33 bits per heavy atom. The molecular formula is C22H29ClN4O3. The van der Waals surface area contributed by atoms with E-state index in [1.54, 1.807) is 30.3 Å². The normalized spacial score (nSPS) is 16.7. The van der Waals surface area contributed by atoms with E-state index in [4.69, 9.17) is 16.3 Å². The lowest BCUT2D eigenvalue weighted by Crippen LogP contribution is -2.44. The largest absolute Gasteiger partial charge is 0.379 e. The highest BCUT2D eigenvalue weighted by molar-refractivity contribution is 6.30. The quantitative estimate of drug-likeness (QED) is 0.649. The third-order valence-corrected chi connectivity index (χ3v) is 5.26. The Hall–Kier alpha value is -2.38. The SMILES string of the molecule is CC(C)OCCCNC(=O)[C@H]1CCCN(c2ccc(=O)n(-c3cccc(Cl)c3)n2)C1. The minimum Gasteiger partial charge on any atom is -0.379 e. The molecule has 1 amide bonds. The van der Waals surface area contributed by atoms with Crippen molar-refractivity contribution in [2.45, 2.75) is 39.2 Å². The van der Waals surface area contributed by atoms with Crippen LogP contribution in [0.5, 0.6) is 0 Å². The number of nitrogens with one attached hydrogen (secondary N) is 1. The maximum atomic E-state index is 12.6. The van der Waals surface area contributed by atoms with Crippen LogP contribution in [-0.2, 0) is 9.53 Å². The highest BCUT2D eigenvalue weighted by Gasteiger charge is 2.26. The first kappa shape index (κ1) is 22.3. The molecule has 0 bridgehead atoms. The third-order valence-electron chi connectivity index (χ3n) is 5.03. The lowest BCUT2D eigenvalue weighted by atomic mass is 9.97. The topological polar surface area (TPSA) is 76.5 Å². The van der Waals surface area contributed by atoms with Crippen LogP contribution in [0.15, 0.2) is 41.2 Å². The molecule has 1 N–H and O–H groups in total. The van der Waals surface area contributed by atoms with Gasteiger partial charge in [0.15, 0.2) is 0 Å². The predicted molar refractivity (Wildman–Crippen MR) is 118 cm³/mol. The van der Waals surface area contributed by atoms with Crippen molar-refractivity contribution in [2.75, 3.05) is 31.1 Å². The summed E-state index contributed by atoms with van der Waals surface area (Å²) in [7, 11) is 0. The first-order valence-corrected chi connectivity index (χ1v) is 10.8. The fraction of sp³-hybridized carbons (Fsp3) is 0.500. The average Bonchev–Trinajstić information content (AvgIpc) is 2.73. The van der Waals surface area contributed by atoms with Crippen LogP contribution >= 0.6 is 11.6 Å². The molecule has 30 heavy (non-hydrogen) atoms. The molecule has 1 aromatic carbocycles. The highest BCUT2D eigenvalue weighted by atomic mass is 35.5. The number of amides is 1. The van der Waals surface area contributed by atoms with Crippen LogP contribution in [0.1, 0.15) is 33.1 Å². The summed E-state index contributed by atoms with van der Waals surface area (Å²) in [5.74, 6) is 0.642. The number of carbonyl (C=O) groups is 1. The second-order valence-electron chi connectivity index (χ2n) is 7.77. The zero-order chi connectivity index (χ0) is 21.5. The van der Waals surface area contributed by atoms with Crippen molar-refractivity contribution < 1.29 is 9.53 Å². The summed E-state index contributed by atoms with van der Waals surface area (Å²) < 4.78 is 6.85. The number of halogens is 1. The van der Waals surface area contributed by atoms with Gasteiger partial charge in [-0.3, -0.25) is 9.59 Å². The summed E-state index contributed by atoms with van der Waals surface area (Å²) in [6, 6.07) is 10.2. The summed E-state index contributed by atoms with van der Waals surface area (Å²) in [6.45, 7) is 6.63. The summed E-state index contributed by atoms with van der Waals surface area (Å²) in [5, 5.41) is 8.08. The van der Waals surface area contributed by atoms with Crippen LogP contribution < -0.4 is 15.8 Å². The summed E-state index contributed by atoms with van der Waals surface area (Å²) in [4.78, 5) is 27.0. The number of anilines is 1. The summed E-state index contributed by atoms with van der Waals surface area (Å²) >= 11 is 6.06. The number of benzene rings is 1. The number of piperidine rings is 1. The maximum absolute atomic E-state index is 12.6. The lowest BCUT2D eigenvalue weighted by molar-refractivity contribution is -0.125. The Morgan fingerprint density at radius 3 is 2.93 bits per heavy atom. The summed E-state index contributed by atoms with van der Waals surface area (Å²) in [6.07, 6.45) is 2.74. The number of hydrogen-bond acceptors (Lipinski definition) is 5. The molecule has 2 aromatic rings. The molecule has 2 heterocycles. The average molecular weight is 433 g/mol. The van der Waals surface area contributed by atoms with Crippen molar-refractivity contribution in [1.29, 1.82) is 0 Å². The van der Waals surface area contributed by atoms with Crippen molar-refractivity contribution >= 4 is 23.3 Å². The minimum atomic E-state index is -0.226. The van der Waals surface area contributed by atoms with E-state index in [2.05, 4.69) is 15.3 Å². The van der Waals surface area contributed by atoms with Gasteiger partial charge in [0.2, 0.25) is 5.91 Å².